The average Bonchev–Trinajstić information content (AvgIpc) is 3.30. The molecule has 2 spiro atoms. The fraction of sp³-hybridized carbons (Fsp3) is 1.00. The van der Waals surface area contributed by atoms with E-state index in [1.54, 1.807) is 12.8 Å². The van der Waals surface area contributed by atoms with E-state index in [2.05, 4.69) is 31.9 Å². The minimum atomic E-state index is 0.307. The van der Waals surface area contributed by atoms with Crippen LogP contribution in [0.5, 0.6) is 0 Å². The highest BCUT2D eigenvalue weighted by Crippen LogP contribution is 2.86. The zero-order valence-corrected chi connectivity index (χ0v) is 17.2. The van der Waals surface area contributed by atoms with E-state index >= 15 is 0 Å². The second kappa shape index (κ2) is 6.04. The average molecular weight is 432 g/mol. The first-order chi connectivity index (χ1) is 10.6. The highest BCUT2D eigenvalue weighted by atomic mass is 79.9. The van der Waals surface area contributed by atoms with Gasteiger partial charge in [-0.25, -0.2) is 0 Å². The van der Waals surface area contributed by atoms with Crippen LogP contribution >= 0.6 is 31.9 Å². The molecule has 0 amide bonds. The lowest BCUT2D eigenvalue weighted by Crippen LogP contribution is -2.19. The first-order valence-electron chi connectivity index (χ1n) is 9.99. The Balaban J connectivity index is 1.42. The van der Waals surface area contributed by atoms with Crippen molar-refractivity contribution < 1.29 is 0 Å². The Kier molecular flexibility index (Phi) is 4.51. The van der Waals surface area contributed by atoms with Crippen LogP contribution in [0.3, 0.4) is 0 Å². The van der Waals surface area contributed by atoms with Crippen LogP contribution in [0.1, 0.15) is 96.3 Å². The summed E-state index contributed by atoms with van der Waals surface area (Å²) in [6.07, 6.45) is 22.5. The molecule has 0 radical (unpaired) electrons. The Labute approximate surface area is 153 Å². The molecule has 0 saturated heterocycles. The van der Waals surface area contributed by atoms with Gasteiger partial charge in [-0.2, -0.15) is 0 Å². The van der Waals surface area contributed by atoms with Gasteiger partial charge in [0.05, 0.1) is 3.23 Å². The van der Waals surface area contributed by atoms with Crippen LogP contribution in [0.15, 0.2) is 0 Å². The minimum absolute atomic E-state index is 0.307. The van der Waals surface area contributed by atoms with Gasteiger partial charge in [0.1, 0.15) is 0 Å². The van der Waals surface area contributed by atoms with Gasteiger partial charge in [-0.15, -0.1) is 0 Å². The van der Waals surface area contributed by atoms with Gasteiger partial charge in [-0.05, 0) is 49.4 Å². The Morgan fingerprint density at radius 1 is 0.591 bits per heavy atom. The summed E-state index contributed by atoms with van der Waals surface area (Å²) in [6, 6.07) is 0. The van der Waals surface area contributed by atoms with Crippen LogP contribution in [0.4, 0.5) is 0 Å². The van der Waals surface area contributed by atoms with E-state index in [9.17, 15) is 0 Å². The van der Waals surface area contributed by atoms with Crippen LogP contribution in [-0.4, -0.2) is 3.23 Å². The van der Waals surface area contributed by atoms with Gasteiger partial charge in [0.2, 0.25) is 0 Å². The number of halogens is 2. The van der Waals surface area contributed by atoms with Gasteiger partial charge < -0.3 is 0 Å². The molecule has 0 unspecified atom stereocenters. The third-order valence-electron chi connectivity index (χ3n) is 7.81. The highest BCUT2D eigenvalue weighted by molar-refractivity contribution is 9.25. The fourth-order valence-electron chi connectivity index (χ4n) is 6.19. The largest absolute Gasteiger partial charge is 0.0899 e. The molecule has 5 fully saturated rings. The lowest BCUT2D eigenvalue weighted by Gasteiger charge is -2.28. The van der Waals surface area contributed by atoms with Crippen molar-refractivity contribution >= 4 is 31.9 Å². The third-order valence-corrected chi connectivity index (χ3v) is 10.5. The predicted octanol–water partition coefficient (Wildman–Crippen LogP) is 7.58. The van der Waals surface area contributed by atoms with Crippen LogP contribution in [0.2, 0.25) is 0 Å². The summed E-state index contributed by atoms with van der Waals surface area (Å²) in [4.78, 5) is 0. The minimum Gasteiger partial charge on any atom is -0.0718 e. The Hall–Kier alpha value is 0.960. The number of rotatable bonds is 0. The smallest absolute Gasteiger partial charge is 0.0718 e. The molecule has 0 aromatic heterocycles. The van der Waals surface area contributed by atoms with E-state index in [0.29, 0.717) is 8.65 Å². The zero-order valence-electron chi connectivity index (χ0n) is 14.0. The maximum absolute atomic E-state index is 4.10. The van der Waals surface area contributed by atoms with Crippen molar-refractivity contribution in [2.45, 2.75) is 99.5 Å². The number of hydrogen-bond donors (Lipinski definition) is 0. The standard InChI is InChI=1S/C20H32Br2/c21-20(22)17-15-18-11-9-7-5-3-1-2-4-6-8-10-12-19(17,20)14-16(18)13-18/h16-17H,1-15H2/t16-,17-,18-,19+/m0/s1. The molecule has 0 aromatic rings. The van der Waals surface area contributed by atoms with E-state index in [1.165, 1.54) is 83.5 Å². The van der Waals surface area contributed by atoms with Crippen molar-refractivity contribution in [2.24, 2.45) is 22.7 Å². The van der Waals surface area contributed by atoms with Crippen LogP contribution in [0, 0.1) is 22.7 Å². The number of alkyl halides is 2. The molecular weight excluding hydrogens is 400 g/mol. The lowest BCUT2D eigenvalue weighted by atomic mass is 9.77. The van der Waals surface area contributed by atoms with Gasteiger partial charge in [-0.3, -0.25) is 0 Å². The maximum atomic E-state index is 4.10. The topological polar surface area (TPSA) is 0 Å². The van der Waals surface area contributed by atoms with Gasteiger partial charge in [0.15, 0.2) is 0 Å². The molecule has 22 heavy (non-hydrogen) atoms. The highest BCUT2D eigenvalue weighted by Gasteiger charge is 2.80. The Morgan fingerprint density at radius 2 is 1.14 bits per heavy atom. The quantitative estimate of drug-likeness (QED) is 0.346. The monoisotopic (exact) mass is 430 g/mol. The summed E-state index contributed by atoms with van der Waals surface area (Å²) in [5.41, 5.74) is 1.41. The summed E-state index contributed by atoms with van der Waals surface area (Å²) in [6.45, 7) is 0. The number of fused-ring (bicyclic) bond motifs is 11. The van der Waals surface area contributed by atoms with Crippen molar-refractivity contribution in [2.75, 3.05) is 0 Å². The number of hydrogen-bond acceptors (Lipinski definition) is 0. The summed E-state index contributed by atoms with van der Waals surface area (Å²) >= 11 is 8.20. The summed E-state index contributed by atoms with van der Waals surface area (Å²) in [5.74, 6) is 2.00. The van der Waals surface area contributed by atoms with Crippen molar-refractivity contribution in [3.05, 3.63) is 0 Å². The first kappa shape index (κ1) is 16.4. The second-order valence-corrected chi connectivity index (χ2v) is 12.6. The molecule has 5 saturated carbocycles. The van der Waals surface area contributed by atoms with E-state index in [-0.39, 0.29) is 0 Å². The summed E-state index contributed by atoms with van der Waals surface area (Å²) in [5, 5.41) is 0. The summed E-state index contributed by atoms with van der Waals surface area (Å²) < 4.78 is 0.307. The van der Waals surface area contributed by atoms with Crippen LogP contribution in [0.25, 0.3) is 0 Å². The van der Waals surface area contributed by atoms with E-state index in [0.717, 1.165) is 17.3 Å². The molecule has 0 aliphatic heterocycles. The first-order valence-corrected chi connectivity index (χ1v) is 11.6. The molecule has 5 aliphatic carbocycles. The van der Waals surface area contributed by atoms with E-state index in [1.807, 2.05) is 0 Å². The molecule has 5 rings (SSSR count). The van der Waals surface area contributed by atoms with Crippen molar-refractivity contribution in [1.29, 1.82) is 0 Å². The SMILES string of the molecule is BrC1(Br)[C@H]2C[C@@]34CCCCCCCCCCCC[C@@]21C[C@@H]3C4. The molecular formula is C20H32Br2. The molecule has 0 N–H and O–H groups in total. The second-order valence-electron chi connectivity index (χ2n) is 9.04. The van der Waals surface area contributed by atoms with Gasteiger partial charge in [-0.1, -0.05) is 96.1 Å². The van der Waals surface area contributed by atoms with Crippen molar-refractivity contribution in [3.63, 3.8) is 0 Å². The van der Waals surface area contributed by atoms with E-state index < -0.39 is 0 Å². The van der Waals surface area contributed by atoms with Crippen molar-refractivity contribution in [3.8, 4) is 0 Å². The van der Waals surface area contributed by atoms with Crippen molar-refractivity contribution in [1.82, 2.24) is 0 Å². The Morgan fingerprint density at radius 3 is 1.77 bits per heavy atom. The predicted molar refractivity (Wildman–Crippen MR) is 102 cm³/mol. The maximum Gasteiger partial charge on any atom is 0.0899 e. The normalized spacial score (nSPS) is 48.3. The van der Waals surface area contributed by atoms with Crippen LogP contribution in [-0.2, 0) is 0 Å². The van der Waals surface area contributed by atoms with Gasteiger partial charge in [0.25, 0.3) is 0 Å². The fourth-order valence-corrected chi connectivity index (χ4v) is 8.44. The molecule has 126 valence electrons. The molecule has 0 aromatic carbocycles. The third kappa shape index (κ3) is 2.67. The lowest BCUT2D eigenvalue weighted by molar-refractivity contribution is 0.220. The Bertz CT molecular complexity index is 418. The molecule has 0 nitrogen and oxygen atoms in total. The molecule has 5 aliphatic rings. The van der Waals surface area contributed by atoms with Crippen LogP contribution < -0.4 is 0 Å². The van der Waals surface area contributed by atoms with Gasteiger partial charge >= 0.3 is 0 Å². The molecule has 2 heteroatoms. The molecule has 2 bridgehead atoms. The summed E-state index contributed by atoms with van der Waals surface area (Å²) in [7, 11) is 0. The van der Waals surface area contributed by atoms with E-state index in [4.69, 9.17) is 0 Å². The molecule has 4 atom stereocenters. The zero-order chi connectivity index (χ0) is 15.3. The van der Waals surface area contributed by atoms with Gasteiger partial charge in [0, 0.05) is 5.41 Å². The molecule has 0 heterocycles.